The Morgan fingerprint density at radius 2 is 1.85 bits per heavy atom. The highest BCUT2D eigenvalue weighted by Crippen LogP contribution is 2.16. The molecule has 2 aromatic carbocycles. The van der Waals surface area contributed by atoms with Crippen LogP contribution in [0.1, 0.15) is 43.9 Å². The predicted molar refractivity (Wildman–Crippen MR) is 128 cm³/mol. The number of nitrogens with one attached hydrogen (secondary N) is 2. The summed E-state index contributed by atoms with van der Waals surface area (Å²) in [5.74, 6) is 3.72. The normalized spacial score (nSPS) is 13.9. The molecule has 0 saturated heterocycles. The largest absolute Gasteiger partial charge is 0.378 e. The Kier molecular flexibility index (Phi) is 7.19. The van der Waals surface area contributed by atoms with Crippen LogP contribution in [0.25, 0.3) is 6.08 Å². The molecule has 0 radical (unpaired) electrons. The van der Waals surface area contributed by atoms with Crippen molar-refractivity contribution >= 4 is 40.9 Å². The fraction of sp³-hybridized carbons (Fsp3) is 0.192. The predicted octanol–water partition coefficient (Wildman–Crippen LogP) is 2.21. The van der Waals surface area contributed by atoms with Crippen molar-refractivity contribution in [2.75, 3.05) is 5.32 Å². The number of benzene rings is 2. The van der Waals surface area contributed by atoms with Gasteiger partial charge in [0.15, 0.2) is 11.6 Å². The first-order chi connectivity index (χ1) is 16.0. The number of carbonyl (C=O) groups excluding carboxylic acids is 4. The molecule has 2 amide bonds. The van der Waals surface area contributed by atoms with Gasteiger partial charge in [-0.05, 0) is 56.7 Å². The summed E-state index contributed by atoms with van der Waals surface area (Å²) in [6.07, 6.45) is 1.20. The van der Waals surface area contributed by atoms with Gasteiger partial charge in [0.05, 0.1) is 12.0 Å². The van der Waals surface area contributed by atoms with Gasteiger partial charge in [-0.25, -0.2) is 5.43 Å². The summed E-state index contributed by atoms with van der Waals surface area (Å²) >= 11 is 0. The van der Waals surface area contributed by atoms with Gasteiger partial charge in [-0.2, -0.15) is 5.10 Å². The Morgan fingerprint density at radius 1 is 1.15 bits per heavy atom. The second-order valence-corrected chi connectivity index (χ2v) is 8.18. The number of ketones is 2. The molecule has 0 saturated carbocycles. The zero-order valence-electron chi connectivity index (χ0n) is 18.9. The van der Waals surface area contributed by atoms with Crippen LogP contribution in [0.3, 0.4) is 0 Å². The molecule has 0 bridgehead atoms. The number of carbonyl (C=O) groups is 4. The monoisotopic (exact) mass is 457 g/mol. The summed E-state index contributed by atoms with van der Waals surface area (Å²) in [4.78, 5) is 48.2. The number of anilines is 1. The summed E-state index contributed by atoms with van der Waals surface area (Å²) in [5, 5.41) is 16.2. The van der Waals surface area contributed by atoms with Crippen molar-refractivity contribution in [3.8, 4) is 11.8 Å². The van der Waals surface area contributed by atoms with Crippen molar-refractivity contribution in [2.45, 2.75) is 32.8 Å². The summed E-state index contributed by atoms with van der Waals surface area (Å²) in [7, 11) is 0. The van der Waals surface area contributed by atoms with E-state index in [4.69, 9.17) is 0 Å². The highest BCUT2D eigenvalue weighted by Gasteiger charge is 2.22. The minimum atomic E-state index is -1.14. The van der Waals surface area contributed by atoms with Crippen molar-refractivity contribution < 1.29 is 24.3 Å². The van der Waals surface area contributed by atoms with Gasteiger partial charge in [-0.15, -0.1) is 0 Å². The number of hydrazone groups is 1. The first-order valence-corrected chi connectivity index (χ1v) is 10.4. The number of hydrogen-bond donors (Lipinski definition) is 3. The molecule has 8 nitrogen and oxygen atoms in total. The lowest BCUT2D eigenvalue weighted by Gasteiger charge is -2.12. The van der Waals surface area contributed by atoms with Crippen molar-refractivity contribution in [3.05, 3.63) is 70.8 Å². The third-order valence-corrected chi connectivity index (χ3v) is 4.63. The molecule has 2 aromatic rings. The van der Waals surface area contributed by atoms with Crippen molar-refractivity contribution in [2.24, 2.45) is 5.10 Å². The lowest BCUT2D eigenvalue weighted by molar-refractivity contribution is -0.126. The molecule has 34 heavy (non-hydrogen) atoms. The molecular formula is C26H23N3O5. The highest BCUT2D eigenvalue weighted by atomic mass is 16.3. The van der Waals surface area contributed by atoms with Crippen molar-refractivity contribution in [1.82, 2.24) is 5.43 Å². The van der Waals surface area contributed by atoms with Crippen LogP contribution in [-0.4, -0.2) is 39.8 Å². The van der Waals surface area contributed by atoms with Gasteiger partial charge < -0.3 is 10.4 Å². The minimum Gasteiger partial charge on any atom is -0.378 e. The van der Waals surface area contributed by atoms with Gasteiger partial charge in [0.2, 0.25) is 5.91 Å². The van der Waals surface area contributed by atoms with Gasteiger partial charge in [-0.3, -0.25) is 19.2 Å². The number of aliphatic hydroxyl groups is 1. The molecule has 1 heterocycles. The molecule has 1 aliphatic rings. The maximum Gasteiger partial charge on any atom is 0.259 e. The molecule has 3 N–H and O–H groups in total. The van der Waals surface area contributed by atoms with Crippen LogP contribution < -0.4 is 10.7 Å². The van der Waals surface area contributed by atoms with E-state index in [2.05, 4.69) is 27.7 Å². The molecule has 0 fully saturated rings. The van der Waals surface area contributed by atoms with E-state index in [0.29, 0.717) is 22.4 Å². The second kappa shape index (κ2) is 10.1. The Labute approximate surface area is 196 Å². The lowest BCUT2D eigenvalue weighted by atomic mass is 10.0. The van der Waals surface area contributed by atoms with Gasteiger partial charge in [0, 0.05) is 16.8 Å². The van der Waals surface area contributed by atoms with Crippen LogP contribution in [0.15, 0.2) is 59.2 Å². The Bertz CT molecular complexity index is 1290. The third-order valence-electron chi connectivity index (χ3n) is 4.63. The lowest BCUT2D eigenvalue weighted by Crippen LogP contribution is -2.33. The van der Waals surface area contributed by atoms with E-state index in [1.807, 2.05) is 0 Å². The van der Waals surface area contributed by atoms with E-state index in [-0.39, 0.29) is 17.7 Å². The van der Waals surface area contributed by atoms with E-state index < -0.39 is 29.0 Å². The fourth-order valence-corrected chi connectivity index (χ4v) is 3.01. The number of amides is 2. The van der Waals surface area contributed by atoms with Crippen LogP contribution in [0, 0.1) is 11.8 Å². The standard InChI is InChI=1S/C26H23N3O5/c1-16(30)21(14-18-6-4-5-17(13-18)11-12-26(2,3)34)25(33)27-20-9-7-19(8-10-20)24-22(31)15-23(32)28-29-24/h4-10,13-14,34H,15H2,1-3H3,(H,27,33)(H,28,32). The molecule has 1 aliphatic heterocycles. The topological polar surface area (TPSA) is 125 Å². The second-order valence-electron chi connectivity index (χ2n) is 8.18. The van der Waals surface area contributed by atoms with E-state index in [1.165, 1.54) is 13.0 Å². The van der Waals surface area contributed by atoms with E-state index in [9.17, 15) is 24.3 Å². The molecule has 0 unspecified atom stereocenters. The van der Waals surface area contributed by atoms with Gasteiger partial charge in [0.1, 0.15) is 11.3 Å². The maximum absolute atomic E-state index is 12.8. The first kappa shape index (κ1) is 24.3. The number of hydrogen-bond acceptors (Lipinski definition) is 6. The van der Waals surface area contributed by atoms with Crippen molar-refractivity contribution in [3.63, 3.8) is 0 Å². The van der Waals surface area contributed by atoms with Crippen LogP contribution in [-0.2, 0) is 19.2 Å². The van der Waals surface area contributed by atoms with Crippen LogP contribution in [0.4, 0.5) is 5.69 Å². The molecule has 0 atom stereocenters. The average molecular weight is 457 g/mol. The Morgan fingerprint density at radius 3 is 2.47 bits per heavy atom. The smallest absolute Gasteiger partial charge is 0.259 e. The molecular weight excluding hydrogens is 434 g/mol. The summed E-state index contributed by atoms with van der Waals surface area (Å²) in [5.41, 5.74) is 3.36. The van der Waals surface area contributed by atoms with E-state index in [0.717, 1.165) is 0 Å². The SMILES string of the molecule is CC(=O)C(=Cc1cccc(C#CC(C)(C)O)c1)C(=O)Nc1ccc(C2=NNC(=O)CC2=O)cc1. The molecule has 0 aromatic heterocycles. The number of nitrogens with zero attached hydrogens (tertiary/aromatic N) is 1. The zero-order chi connectivity index (χ0) is 24.9. The molecule has 0 aliphatic carbocycles. The fourth-order valence-electron chi connectivity index (χ4n) is 3.01. The molecule has 172 valence electrons. The quantitative estimate of drug-likeness (QED) is 0.275. The Balaban J connectivity index is 1.79. The highest BCUT2D eigenvalue weighted by molar-refractivity contribution is 6.49. The third kappa shape index (κ3) is 6.58. The van der Waals surface area contributed by atoms with Crippen LogP contribution in [0.2, 0.25) is 0 Å². The minimum absolute atomic E-state index is 0.0498. The zero-order valence-corrected chi connectivity index (χ0v) is 18.9. The van der Waals surface area contributed by atoms with Gasteiger partial charge in [0.25, 0.3) is 5.91 Å². The van der Waals surface area contributed by atoms with Crippen LogP contribution in [0.5, 0.6) is 0 Å². The molecule has 8 heteroatoms. The maximum atomic E-state index is 12.8. The van der Waals surface area contributed by atoms with Crippen molar-refractivity contribution in [1.29, 1.82) is 0 Å². The summed E-state index contributed by atoms with van der Waals surface area (Å²) in [6.45, 7) is 4.45. The average Bonchev–Trinajstić information content (AvgIpc) is 2.76. The van der Waals surface area contributed by atoms with Gasteiger partial charge in [-0.1, -0.05) is 36.1 Å². The van der Waals surface area contributed by atoms with Crippen LogP contribution >= 0.6 is 0 Å². The summed E-state index contributed by atoms with van der Waals surface area (Å²) < 4.78 is 0. The first-order valence-electron chi connectivity index (χ1n) is 10.4. The van der Waals surface area contributed by atoms with E-state index >= 15 is 0 Å². The summed E-state index contributed by atoms with van der Waals surface area (Å²) in [6, 6.07) is 13.3. The number of Topliss-reactive ketones (excluding diaryl/α,β-unsaturated/α-hetero) is 2. The molecule has 3 rings (SSSR count). The van der Waals surface area contributed by atoms with E-state index in [1.54, 1.807) is 62.4 Å². The Hall–Kier alpha value is -4.35. The number of rotatable bonds is 5. The molecule has 0 spiro atoms. The van der Waals surface area contributed by atoms with Gasteiger partial charge >= 0.3 is 0 Å².